The standard InChI is InChI=1S/C19H16FN3O2S/c1-12-3-5-16(13(2)7-12)19-9-15(11-22-19)26(24,25)23-18-6-4-14(10-21)8-17(18)20/h3-9,11,22-23H,1-2H3. The summed E-state index contributed by atoms with van der Waals surface area (Å²) in [6, 6.07) is 12.7. The SMILES string of the molecule is Cc1ccc(-c2cc(S(=O)(=O)Nc3ccc(C#N)cc3F)c[nH]2)c(C)c1. The molecular weight excluding hydrogens is 353 g/mol. The van der Waals surface area contributed by atoms with Crippen LogP contribution in [0.25, 0.3) is 11.3 Å². The predicted octanol–water partition coefficient (Wildman–Crippen LogP) is 4.11. The van der Waals surface area contributed by atoms with Gasteiger partial charge in [-0.1, -0.05) is 23.8 Å². The fourth-order valence-electron chi connectivity index (χ4n) is 2.67. The fourth-order valence-corrected chi connectivity index (χ4v) is 3.73. The molecule has 26 heavy (non-hydrogen) atoms. The van der Waals surface area contributed by atoms with Gasteiger partial charge in [0.05, 0.1) is 17.3 Å². The van der Waals surface area contributed by atoms with E-state index < -0.39 is 15.8 Å². The van der Waals surface area contributed by atoms with Crippen LogP contribution in [0.1, 0.15) is 16.7 Å². The minimum atomic E-state index is -3.97. The maximum absolute atomic E-state index is 14.0. The Morgan fingerprint density at radius 3 is 2.54 bits per heavy atom. The van der Waals surface area contributed by atoms with Crippen LogP contribution >= 0.6 is 0 Å². The highest BCUT2D eigenvalue weighted by Crippen LogP contribution is 2.27. The predicted molar refractivity (Wildman–Crippen MR) is 97.6 cm³/mol. The van der Waals surface area contributed by atoms with E-state index in [0.29, 0.717) is 5.69 Å². The van der Waals surface area contributed by atoms with E-state index in [1.165, 1.54) is 24.4 Å². The first kappa shape index (κ1) is 17.7. The first-order valence-corrected chi connectivity index (χ1v) is 9.27. The number of benzene rings is 2. The zero-order valence-electron chi connectivity index (χ0n) is 14.2. The van der Waals surface area contributed by atoms with Gasteiger partial charge in [-0.3, -0.25) is 4.72 Å². The number of sulfonamides is 1. The Morgan fingerprint density at radius 2 is 1.88 bits per heavy atom. The minimum Gasteiger partial charge on any atom is -0.360 e. The van der Waals surface area contributed by atoms with Crippen molar-refractivity contribution in [3.8, 4) is 17.3 Å². The van der Waals surface area contributed by atoms with Gasteiger partial charge in [0.1, 0.15) is 10.7 Å². The fraction of sp³-hybridized carbons (Fsp3) is 0.105. The van der Waals surface area contributed by atoms with Crippen molar-refractivity contribution in [2.75, 3.05) is 4.72 Å². The largest absolute Gasteiger partial charge is 0.360 e. The molecule has 0 aliphatic carbocycles. The summed E-state index contributed by atoms with van der Waals surface area (Å²) < 4.78 is 41.2. The van der Waals surface area contributed by atoms with Gasteiger partial charge in [0.25, 0.3) is 10.0 Å². The van der Waals surface area contributed by atoms with Crippen LogP contribution in [0, 0.1) is 31.0 Å². The first-order chi connectivity index (χ1) is 12.3. The summed E-state index contributed by atoms with van der Waals surface area (Å²) in [7, 11) is -3.97. The van der Waals surface area contributed by atoms with E-state index in [1.807, 2.05) is 32.0 Å². The highest BCUT2D eigenvalue weighted by atomic mass is 32.2. The molecule has 0 saturated heterocycles. The summed E-state index contributed by atoms with van der Waals surface area (Å²) in [5.41, 5.74) is 3.58. The molecule has 0 atom stereocenters. The molecule has 7 heteroatoms. The van der Waals surface area contributed by atoms with Crippen molar-refractivity contribution >= 4 is 15.7 Å². The lowest BCUT2D eigenvalue weighted by Crippen LogP contribution is -2.13. The van der Waals surface area contributed by atoms with Crippen LogP contribution in [0.2, 0.25) is 0 Å². The van der Waals surface area contributed by atoms with E-state index in [9.17, 15) is 12.8 Å². The third-order valence-corrected chi connectivity index (χ3v) is 5.33. The van der Waals surface area contributed by atoms with Gasteiger partial charge < -0.3 is 4.98 Å². The topological polar surface area (TPSA) is 85.8 Å². The average Bonchev–Trinajstić information content (AvgIpc) is 3.07. The maximum Gasteiger partial charge on any atom is 0.263 e. The number of H-pyrrole nitrogens is 1. The van der Waals surface area contributed by atoms with Gasteiger partial charge in [0, 0.05) is 17.5 Å². The normalized spacial score (nSPS) is 11.2. The zero-order valence-corrected chi connectivity index (χ0v) is 15.0. The van der Waals surface area contributed by atoms with Gasteiger partial charge in [0.2, 0.25) is 0 Å². The van der Waals surface area contributed by atoms with Crippen LogP contribution < -0.4 is 4.72 Å². The first-order valence-electron chi connectivity index (χ1n) is 7.78. The molecule has 0 aliphatic rings. The summed E-state index contributed by atoms with van der Waals surface area (Å²) >= 11 is 0. The van der Waals surface area contributed by atoms with Gasteiger partial charge in [-0.05, 0) is 43.7 Å². The summed E-state index contributed by atoms with van der Waals surface area (Å²) in [5, 5.41) is 8.75. The second kappa shape index (κ2) is 6.65. The molecule has 1 heterocycles. The number of aromatic nitrogens is 1. The number of anilines is 1. The van der Waals surface area contributed by atoms with E-state index in [1.54, 1.807) is 6.07 Å². The Kier molecular flexibility index (Phi) is 4.53. The lowest BCUT2D eigenvalue weighted by Gasteiger charge is -2.07. The van der Waals surface area contributed by atoms with Crippen LogP contribution in [-0.2, 0) is 10.0 Å². The number of nitrogens with one attached hydrogen (secondary N) is 2. The summed E-state index contributed by atoms with van der Waals surface area (Å²) in [4.78, 5) is 2.95. The van der Waals surface area contributed by atoms with Crippen molar-refractivity contribution in [1.29, 1.82) is 5.26 Å². The van der Waals surface area contributed by atoms with Crippen LogP contribution in [-0.4, -0.2) is 13.4 Å². The molecule has 0 unspecified atom stereocenters. The van der Waals surface area contributed by atoms with Crippen molar-refractivity contribution in [1.82, 2.24) is 4.98 Å². The number of aryl methyl sites for hydroxylation is 2. The molecule has 0 amide bonds. The van der Waals surface area contributed by atoms with Crippen molar-refractivity contribution in [3.05, 3.63) is 71.2 Å². The summed E-state index contributed by atoms with van der Waals surface area (Å²) in [6.45, 7) is 3.93. The molecule has 3 rings (SSSR count). The van der Waals surface area contributed by atoms with Gasteiger partial charge in [-0.2, -0.15) is 5.26 Å². The Morgan fingerprint density at radius 1 is 1.12 bits per heavy atom. The second-order valence-electron chi connectivity index (χ2n) is 5.98. The molecule has 2 aromatic carbocycles. The molecular formula is C19H16FN3O2S. The number of nitrogens with zero attached hydrogens (tertiary/aromatic N) is 1. The van der Waals surface area contributed by atoms with E-state index in [-0.39, 0.29) is 16.1 Å². The monoisotopic (exact) mass is 369 g/mol. The molecule has 132 valence electrons. The lowest BCUT2D eigenvalue weighted by atomic mass is 10.0. The maximum atomic E-state index is 14.0. The second-order valence-corrected chi connectivity index (χ2v) is 7.66. The average molecular weight is 369 g/mol. The number of halogens is 1. The van der Waals surface area contributed by atoms with Crippen LogP contribution in [0.15, 0.2) is 53.6 Å². The zero-order chi connectivity index (χ0) is 18.9. The number of aromatic amines is 1. The minimum absolute atomic E-state index is 0.00349. The molecule has 3 aromatic rings. The van der Waals surface area contributed by atoms with E-state index in [4.69, 9.17) is 5.26 Å². The third-order valence-electron chi connectivity index (χ3n) is 3.98. The number of rotatable bonds is 4. The molecule has 2 N–H and O–H groups in total. The molecule has 0 saturated carbocycles. The van der Waals surface area contributed by atoms with E-state index in [0.717, 1.165) is 22.8 Å². The summed E-state index contributed by atoms with van der Waals surface area (Å²) in [6.07, 6.45) is 1.36. The van der Waals surface area contributed by atoms with Crippen LogP contribution in [0.4, 0.5) is 10.1 Å². The summed E-state index contributed by atoms with van der Waals surface area (Å²) in [5.74, 6) is -0.808. The highest BCUT2D eigenvalue weighted by molar-refractivity contribution is 7.92. The molecule has 0 aliphatic heterocycles. The highest BCUT2D eigenvalue weighted by Gasteiger charge is 2.19. The molecule has 0 spiro atoms. The van der Waals surface area contributed by atoms with Gasteiger partial charge in [-0.15, -0.1) is 0 Å². The van der Waals surface area contributed by atoms with E-state index in [2.05, 4.69) is 9.71 Å². The van der Waals surface area contributed by atoms with E-state index >= 15 is 0 Å². The molecule has 5 nitrogen and oxygen atoms in total. The van der Waals surface area contributed by atoms with Crippen molar-refractivity contribution in [2.45, 2.75) is 18.7 Å². The number of nitriles is 1. The lowest BCUT2D eigenvalue weighted by molar-refractivity contribution is 0.598. The van der Waals surface area contributed by atoms with Crippen molar-refractivity contribution < 1.29 is 12.8 Å². The van der Waals surface area contributed by atoms with Crippen molar-refractivity contribution in [2.24, 2.45) is 0 Å². The van der Waals surface area contributed by atoms with Gasteiger partial charge in [0.15, 0.2) is 0 Å². The van der Waals surface area contributed by atoms with Gasteiger partial charge >= 0.3 is 0 Å². The number of hydrogen-bond donors (Lipinski definition) is 2. The Bertz CT molecular complexity index is 1130. The molecule has 0 bridgehead atoms. The molecule has 0 radical (unpaired) electrons. The molecule has 1 aromatic heterocycles. The van der Waals surface area contributed by atoms with Gasteiger partial charge in [-0.25, -0.2) is 12.8 Å². The Hall–Kier alpha value is -3.11. The van der Waals surface area contributed by atoms with Crippen molar-refractivity contribution in [3.63, 3.8) is 0 Å². The Balaban J connectivity index is 1.92. The Labute approximate surface area is 151 Å². The molecule has 0 fully saturated rings. The third kappa shape index (κ3) is 3.46. The van der Waals surface area contributed by atoms with Crippen LogP contribution in [0.5, 0.6) is 0 Å². The quantitative estimate of drug-likeness (QED) is 0.726. The van der Waals surface area contributed by atoms with Crippen LogP contribution in [0.3, 0.4) is 0 Å². The smallest absolute Gasteiger partial charge is 0.263 e. The number of hydrogen-bond acceptors (Lipinski definition) is 3.